The molecule has 3 rings (SSSR count). The van der Waals surface area contributed by atoms with E-state index in [1.165, 1.54) is 0 Å². The number of hydrogen-bond acceptors (Lipinski definition) is 2. The molecule has 1 aliphatic heterocycles. The SMILES string of the molecule is O=C1COc2ccc(C(Br)c3cc(Cl)ccc3Br)cc2N1. The Labute approximate surface area is 143 Å². The Morgan fingerprint density at radius 3 is 2.86 bits per heavy atom. The van der Waals surface area contributed by atoms with Crippen LogP contribution in [0, 0.1) is 0 Å². The molecule has 0 aliphatic carbocycles. The van der Waals surface area contributed by atoms with Crippen LogP contribution in [-0.2, 0) is 4.79 Å². The van der Waals surface area contributed by atoms with Gasteiger partial charge in [-0.2, -0.15) is 0 Å². The third-order valence-electron chi connectivity index (χ3n) is 3.16. The lowest BCUT2D eigenvalue weighted by atomic mass is 10.0. The fourth-order valence-corrected chi connectivity index (χ4v) is 3.77. The number of amides is 1. The molecule has 0 aromatic heterocycles. The Kier molecular flexibility index (Phi) is 4.24. The summed E-state index contributed by atoms with van der Waals surface area (Å²) in [7, 11) is 0. The first-order valence-corrected chi connectivity index (χ1v) is 8.29. The molecule has 0 saturated carbocycles. The third-order valence-corrected chi connectivity index (χ3v) is 5.14. The minimum atomic E-state index is -0.144. The predicted molar refractivity (Wildman–Crippen MR) is 90.5 cm³/mol. The lowest BCUT2D eigenvalue weighted by Gasteiger charge is -2.20. The molecule has 108 valence electrons. The normalized spacial score (nSPS) is 14.9. The van der Waals surface area contributed by atoms with E-state index in [2.05, 4.69) is 37.2 Å². The van der Waals surface area contributed by atoms with Gasteiger partial charge in [0.1, 0.15) is 5.75 Å². The van der Waals surface area contributed by atoms with Gasteiger partial charge in [-0.3, -0.25) is 4.79 Å². The molecule has 1 unspecified atom stereocenters. The molecule has 1 heterocycles. The summed E-state index contributed by atoms with van der Waals surface area (Å²) in [6.07, 6.45) is 0. The van der Waals surface area contributed by atoms with E-state index in [0.717, 1.165) is 15.6 Å². The average molecular weight is 432 g/mol. The molecule has 1 atom stereocenters. The first-order valence-electron chi connectivity index (χ1n) is 6.20. The maximum Gasteiger partial charge on any atom is 0.262 e. The van der Waals surface area contributed by atoms with Gasteiger partial charge >= 0.3 is 0 Å². The largest absolute Gasteiger partial charge is 0.482 e. The summed E-state index contributed by atoms with van der Waals surface area (Å²) in [5, 5.41) is 3.48. The topological polar surface area (TPSA) is 38.3 Å². The number of rotatable bonds is 2. The monoisotopic (exact) mass is 429 g/mol. The van der Waals surface area contributed by atoms with Gasteiger partial charge in [-0.15, -0.1) is 0 Å². The van der Waals surface area contributed by atoms with E-state index in [1.807, 2.05) is 36.4 Å². The summed E-state index contributed by atoms with van der Waals surface area (Å²) < 4.78 is 6.33. The van der Waals surface area contributed by atoms with Gasteiger partial charge < -0.3 is 10.1 Å². The van der Waals surface area contributed by atoms with Crippen molar-refractivity contribution in [3.8, 4) is 5.75 Å². The summed E-state index contributed by atoms with van der Waals surface area (Å²) in [5.74, 6) is 0.540. The Balaban J connectivity index is 1.98. The highest BCUT2D eigenvalue weighted by molar-refractivity contribution is 9.11. The van der Waals surface area contributed by atoms with E-state index in [1.54, 1.807) is 0 Å². The number of alkyl halides is 1. The summed E-state index contributed by atoms with van der Waals surface area (Å²) in [4.78, 5) is 11.4. The molecule has 1 amide bonds. The molecule has 0 spiro atoms. The number of hydrogen-bond donors (Lipinski definition) is 1. The number of nitrogens with one attached hydrogen (secondary N) is 1. The van der Waals surface area contributed by atoms with E-state index in [4.69, 9.17) is 16.3 Å². The highest BCUT2D eigenvalue weighted by Gasteiger charge is 2.20. The molecule has 21 heavy (non-hydrogen) atoms. The Morgan fingerprint density at radius 1 is 1.24 bits per heavy atom. The van der Waals surface area contributed by atoms with Crippen molar-refractivity contribution in [1.82, 2.24) is 0 Å². The molecule has 3 nitrogen and oxygen atoms in total. The average Bonchev–Trinajstić information content (AvgIpc) is 2.48. The number of anilines is 1. The first kappa shape index (κ1) is 14.9. The number of carbonyl (C=O) groups excluding carboxylic acids is 1. The van der Waals surface area contributed by atoms with Crippen molar-refractivity contribution < 1.29 is 9.53 Å². The highest BCUT2D eigenvalue weighted by atomic mass is 79.9. The van der Waals surface area contributed by atoms with Gasteiger partial charge in [0.2, 0.25) is 0 Å². The van der Waals surface area contributed by atoms with E-state index < -0.39 is 0 Å². The Morgan fingerprint density at radius 2 is 2.05 bits per heavy atom. The van der Waals surface area contributed by atoms with Gasteiger partial charge in [0.15, 0.2) is 6.61 Å². The van der Waals surface area contributed by atoms with E-state index in [0.29, 0.717) is 16.5 Å². The zero-order chi connectivity index (χ0) is 15.0. The van der Waals surface area contributed by atoms with Gasteiger partial charge in [-0.05, 0) is 41.5 Å². The molecule has 0 saturated heterocycles. The number of ether oxygens (including phenoxy) is 1. The van der Waals surface area contributed by atoms with Gasteiger partial charge in [0, 0.05) is 9.50 Å². The van der Waals surface area contributed by atoms with Crippen LogP contribution < -0.4 is 10.1 Å². The zero-order valence-corrected chi connectivity index (χ0v) is 14.6. The maximum absolute atomic E-state index is 11.4. The van der Waals surface area contributed by atoms with Crippen LogP contribution in [0.4, 0.5) is 5.69 Å². The van der Waals surface area contributed by atoms with E-state index in [-0.39, 0.29) is 17.3 Å². The van der Waals surface area contributed by atoms with Crippen molar-refractivity contribution in [2.75, 3.05) is 11.9 Å². The standard InChI is InChI=1S/C15H10Br2ClNO2/c16-11-3-2-9(18)6-10(11)15(17)8-1-4-13-12(5-8)19-14(20)7-21-13/h1-6,15H,7H2,(H,19,20). The first-order chi connectivity index (χ1) is 10.0. The summed E-state index contributed by atoms with van der Waals surface area (Å²) in [5.41, 5.74) is 2.71. The van der Waals surface area contributed by atoms with Crippen LogP contribution in [0.25, 0.3) is 0 Å². The molecule has 2 aromatic rings. The van der Waals surface area contributed by atoms with E-state index in [9.17, 15) is 4.79 Å². The maximum atomic E-state index is 11.4. The number of halogens is 3. The summed E-state index contributed by atoms with van der Waals surface area (Å²) in [6.45, 7) is 0.0595. The molecule has 1 N–H and O–H groups in total. The Bertz CT molecular complexity index is 721. The van der Waals surface area contributed by atoms with Crippen LogP contribution in [-0.4, -0.2) is 12.5 Å². The zero-order valence-electron chi connectivity index (χ0n) is 10.7. The van der Waals surface area contributed by atoms with Crippen molar-refractivity contribution in [2.45, 2.75) is 4.83 Å². The smallest absolute Gasteiger partial charge is 0.262 e. The second-order valence-electron chi connectivity index (χ2n) is 4.62. The molecule has 0 fully saturated rings. The molecule has 2 aromatic carbocycles. The number of fused-ring (bicyclic) bond motifs is 1. The molecule has 0 radical (unpaired) electrons. The van der Waals surface area contributed by atoms with Crippen molar-refractivity contribution in [3.05, 3.63) is 57.0 Å². The molecule has 1 aliphatic rings. The van der Waals surface area contributed by atoms with Crippen molar-refractivity contribution >= 4 is 55.1 Å². The van der Waals surface area contributed by atoms with Crippen LogP contribution in [0.3, 0.4) is 0 Å². The lowest BCUT2D eigenvalue weighted by Crippen LogP contribution is -2.25. The van der Waals surface area contributed by atoms with Crippen LogP contribution in [0.5, 0.6) is 5.75 Å². The fourth-order valence-electron chi connectivity index (χ4n) is 2.15. The molecule has 6 heteroatoms. The van der Waals surface area contributed by atoms with Gasteiger partial charge in [0.25, 0.3) is 5.91 Å². The van der Waals surface area contributed by atoms with Crippen molar-refractivity contribution in [2.24, 2.45) is 0 Å². The third kappa shape index (κ3) is 3.10. The van der Waals surface area contributed by atoms with Crippen LogP contribution >= 0.6 is 43.5 Å². The van der Waals surface area contributed by atoms with Crippen LogP contribution in [0.15, 0.2) is 40.9 Å². The number of benzene rings is 2. The van der Waals surface area contributed by atoms with Crippen LogP contribution in [0.2, 0.25) is 5.02 Å². The van der Waals surface area contributed by atoms with Gasteiger partial charge in [-0.1, -0.05) is 49.5 Å². The quantitative estimate of drug-likeness (QED) is 0.686. The Hall–Kier alpha value is -1.04. The van der Waals surface area contributed by atoms with Crippen molar-refractivity contribution in [1.29, 1.82) is 0 Å². The summed E-state index contributed by atoms with van der Waals surface area (Å²) in [6, 6.07) is 11.4. The van der Waals surface area contributed by atoms with Gasteiger partial charge in [0.05, 0.1) is 10.5 Å². The molecular formula is C15H10Br2ClNO2. The molecule has 0 bridgehead atoms. The summed E-state index contributed by atoms with van der Waals surface area (Å²) >= 11 is 13.3. The highest BCUT2D eigenvalue weighted by Crippen LogP contribution is 2.39. The predicted octanol–water partition coefficient (Wildman–Crippen LogP) is 4.92. The molecular weight excluding hydrogens is 421 g/mol. The second-order valence-corrected chi connectivity index (χ2v) is 6.83. The fraction of sp³-hybridized carbons (Fsp3) is 0.133. The van der Waals surface area contributed by atoms with E-state index >= 15 is 0 Å². The minimum Gasteiger partial charge on any atom is -0.482 e. The van der Waals surface area contributed by atoms with Gasteiger partial charge in [-0.25, -0.2) is 0 Å². The minimum absolute atomic E-state index is 0.0466. The second kappa shape index (κ2) is 5.99. The van der Waals surface area contributed by atoms with Crippen LogP contribution in [0.1, 0.15) is 16.0 Å². The van der Waals surface area contributed by atoms with Crippen molar-refractivity contribution in [3.63, 3.8) is 0 Å². The lowest BCUT2D eigenvalue weighted by molar-refractivity contribution is -0.118. The number of carbonyl (C=O) groups is 1.